The number of amides is 1. The average molecular weight is 230 g/mol. The van der Waals surface area contributed by atoms with Crippen molar-refractivity contribution in [3.05, 3.63) is 0 Å². The molecule has 15 heavy (non-hydrogen) atoms. The maximum atomic E-state index is 11.4. The Labute approximate surface area is 96.6 Å². The van der Waals surface area contributed by atoms with Gasteiger partial charge in [0.2, 0.25) is 5.91 Å². The zero-order chi connectivity index (χ0) is 11.1. The van der Waals surface area contributed by atoms with Crippen LogP contribution in [0, 0.1) is 0 Å². The Hall–Kier alpha value is -0.220. The zero-order valence-corrected chi connectivity index (χ0v) is 10.3. The van der Waals surface area contributed by atoms with Crippen LogP contribution in [0.2, 0.25) is 0 Å². The van der Waals surface area contributed by atoms with E-state index in [1.165, 1.54) is 18.6 Å². The van der Waals surface area contributed by atoms with Crippen LogP contribution in [0.3, 0.4) is 0 Å². The molecule has 2 unspecified atom stereocenters. The molecule has 4 heteroatoms. The average Bonchev–Trinajstić information content (AvgIpc) is 2.19. The van der Waals surface area contributed by atoms with E-state index in [0.717, 1.165) is 18.1 Å². The van der Waals surface area contributed by atoms with Crippen molar-refractivity contribution < 1.29 is 4.79 Å². The normalized spacial score (nSPS) is 26.3. The fourth-order valence-corrected chi connectivity index (χ4v) is 3.27. The first kappa shape index (κ1) is 12.8. The predicted molar refractivity (Wildman–Crippen MR) is 66.0 cm³/mol. The first-order valence-electron chi connectivity index (χ1n) is 5.87. The third-order valence-corrected chi connectivity index (χ3v) is 4.00. The molecule has 0 aliphatic heterocycles. The Morgan fingerprint density at radius 3 is 3.00 bits per heavy atom. The molecule has 0 aromatic carbocycles. The van der Waals surface area contributed by atoms with Gasteiger partial charge < -0.3 is 11.1 Å². The van der Waals surface area contributed by atoms with Crippen LogP contribution in [0.15, 0.2) is 0 Å². The Balaban J connectivity index is 2.26. The molecule has 3 N–H and O–H groups in total. The predicted octanol–water partition coefficient (Wildman–Crippen LogP) is 1.52. The molecule has 1 amide bonds. The third-order valence-electron chi connectivity index (χ3n) is 2.76. The summed E-state index contributed by atoms with van der Waals surface area (Å²) in [4.78, 5) is 11.4. The summed E-state index contributed by atoms with van der Waals surface area (Å²) >= 11 is 2.02. The topological polar surface area (TPSA) is 55.1 Å². The van der Waals surface area contributed by atoms with E-state index in [9.17, 15) is 4.79 Å². The van der Waals surface area contributed by atoms with Crippen molar-refractivity contribution in [2.45, 2.75) is 50.3 Å². The molecule has 0 aromatic rings. The summed E-state index contributed by atoms with van der Waals surface area (Å²) in [6.45, 7) is 2.65. The van der Waals surface area contributed by atoms with E-state index in [0.29, 0.717) is 19.0 Å². The van der Waals surface area contributed by atoms with E-state index < -0.39 is 0 Å². The van der Waals surface area contributed by atoms with Crippen molar-refractivity contribution in [2.24, 2.45) is 5.73 Å². The molecule has 0 bridgehead atoms. The van der Waals surface area contributed by atoms with Gasteiger partial charge in [-0.1, -0.05) is 13.3 Å². The van der Waals surface area contributed by atoms with Gasteiger partial charge >= 0.3 is 0 Å². The van der Waals surface area contributed by atoms with Crippen molar-refractivity contribution in [1.82, 2.24) is 5.32 Å². The molecule has 1 rings (SSSR count). The molecule has 2 atom stereocenters. The Kier molecular flexibility index (Phi) is 6.10. The zero-order valence-electron chi connectivity index (χ0n) is 9.50. The lowest BCUT2D eigenvalue weighted by Crippen LogP contribution is -2.39. The number of nitrogens with two attached hydrogens (primary N) is 1. The van der Waals surface area contributed by atoms with Crippen LogP contribution >= 0.6 is 11.8 Å². The number of carbonyl (C=O) groups is 1. The lowest BCUT2D eigenvalue weighted by atomic mass is 9.95. The smallest absolute Gasteiger partial charge is 0.221 e. The monoisotopic (exact) mass is 230 g/mol. The summed E-state index contributed by atoms with van der Waals surface area (Å²) in [7, 11) is 0. The van der Waals surface area contributed by atoms with Crippen LogP contribution in [-0.4, -0.2) is 29.5 Å². The van der Waals surface area contributed by atoms with Gasteiger partial charge in [0.15, 0.2) is 0 Å². The molecule has 1 aliphatic carbocycles. The largest absolute Gasteiger partial charge is 0.353 e. The minimum atomic E-state index is 0.115. The van der Waals surface area contributed by atoms with E-state index in [1.54, 1.807) is 0 Å². The van der Waals surface area contributed by atoms with Gasteiger partial charge in [0, 0.05) is 24.3 Å². The van der Waals surface area contributed by atoms with Crippen LogP contribution < -0.4 is 11.1 Å². The van der Waals surface area contributed by atoms with Crippen molar-refractivity contribution in [3.63, 3.8) is 0 Å². The number of nitrogens with one attached hydrogen (secondary N) is 1. The summed E-state index contributed by atoms with van der Waals surface area (Å²) in [5.41, 5.74) is 5.34. The Morgan fingerprint density at radius 1 is 1.53 bits per heavy atom. The fraction of sp³-hybridized carbons (Fsp3) is 0.909. The third kappa shape index (κ3) is 4.89. The minimum Gasteiger partial charge on any atom is -0.353 e. The molecule has 1 aliphatic rings. The second kappa shape index (κ2) is 7.12. The van der Waals surface area contributed by atoms with Gasteiger partial charge in [0.1, 0.15) is 0 Å². The molecule has 1 fully saturated rings. The van der Waals surface area contributed by atoms with Gasteiger partial charge in [-0.15, -0.1) is 0 Å². The molecule has 3 nitrogen and oxygen atoms in total. The summed E-state index contributed by atoms with van der Waals surface area (Å²) in [5.74, 6) is 1.29. The van der Waals surface area contributed by atoms with Crippen LogP contribution in [0.5, 0.6) is 0 Å². The standard InChI is InChI=1S/C11H22N2OS/c1-2-15-10-5-3-4-9(8-10)13-11(14)6-7-12/h9-10H,2-8,12H2,1H3,(H,13,14). The number of hydrogen-bond donors (Lipinski definition) is 2. The van der Waals surface area contributed by atoms with Crippen LogP contribution in [0.25, 0.3) is 0 Å². The summed E-state index contributed by atoms with van der Waals surface area (Å²) in [5, 5.41) is 3.82. The number of carbonyl (C=O) groups excluding carboxylic acids is 1. The van der Waals surface area contributed by atoms with E-state index in [1.807, 2.05) is 11.8 Å². The van der Waals surface area contributed by atoms with Gasteiger partial charge in [-0.3, -0.25) is 4.79 Å². The van der Waals surface area contributed by atoms with Gasteiger partial charge in [-0.2, -0.15) is 11.8 Å². The minimum absolute atomic E-state index is 0.115. The first-order chi connectivity index (χ1) is 7.26. The first-order valence-corrected chi connectivity index (χ1v) is 6.92. The van der Waals surface area contributed by atoms with E-state index in [2.05, 4.69) is 12.2 Å². The highest BCUT2D eigenvalue weighted by Crippen LogP contribution is 2.28. The van der Waals surface area contributed by atoms with Gasteiger partial charge in [0.25, 0.3) is 0 Å². The maximum Gasteiger partial charge on any atom is 0.221 e. The van der Waals surface area contributed by atoms with Gasteiger partial charge in [-0.25, -0.2) is 0 Å². The molecule has 0 aromatic heterocycles. The molecule has 1 saturated carbocycles. The number of rotatable bonds is 5. The molecule has 0 spiro atoms. The second-order valence-corrected chi connectivity index (χ2v) is 5.62. The highest BCUT2D eigenvalue weighted by molar-refractivity contribution is 7.99. The van der Waals surface area contributed by atoms with Crippen molar-refractivity contribution in [3.8, 4) is 0 Å². The molecule has 0 saturated heterocycles. The van der Waals surface area contributed by atoms with Crippen LogP contribution in [0.1, 0.15) is 39.0 Å². The summed E-state index contributed by atoms with van der Waals surface area (Å²) < 4.78 is 0. The Bertz CT molecular complexity index is 197. The molecular weight excluding hydrogens is 208 g/mol. The summed E-state index contributed by atoms with van der Waals surface area (Å²) in [6.07, 6.45) is 5.28. The molecule has 0 radical (unpaired) electrons. The van der Waals surface area contributed by atoms with Crippen molar-refractivity contribution >= 4 is 17.7 Å². The number of thioether (sulfide) groups is 1. The van der Waals surface area contributed by atoms with E-state index in [-0.39, 0.29) is 5.91 Å². The van der Waals surface area contributed by atoms with Crippen LogP contribution in [-0.2, 0) is 4.79 Å². The van der Waals surface area contributed by atoms with E-state index >= 15 is 0 Å². The maximum absolute atomic E-state index is 11.4. The van der Waals surface area contributed by atoms with Crippen molar-refractivity contribution in [1.29, 1.82) is 0 Å². The lowest BCUT2D eigenvalue weighted by Gasteiger charge is -2.29. The van der Waals surface area contributed by atoms with E-state index in [4.69, 9.17) is 5.73 Å². The quantitative estimate of drug-likeness (QED) is 0.753. The van der Waals surface area contributed by atoms with Gasteiger partial charge in [-0.05, 0) is 25.0 Å². The highest BCUT2D eigenvalue weighted by Gasteiger charge is 2.22. The van der Waals surface area contributed by atoms with Crippen molar-refractivity contribution in [2.75, 3.05) is 12.3 Å². The molecule has 0 heterocycles. The highest BCUT2D eigenvalue weighted by atomic mass is 32.2. The second-order valence-electron chi connectivity index (χ2n) is 4.05. The summed E-state index contributed by atoms with van der Waals surface area (Å²) in [6, 6.07) is 0.391. The Morgan fingerprint density at radius 2 is 2.33 bits per heavy atom. The molecule has 88 valence electrons. The molecular formula is C11H22N2OS. The fourth-order valence-electron chi connectivity index (χ4n) is 2.09. The van der Waals surface area contributed by atoms with Gasteiger partial charge in [0.05, 0.1) is 0 Å². The number of hydrogen-bond acceptors (Lipinski definition) is 3. The lowest BCUT2D eigenvalue weighted by molar-refractivity contribution is -0.121. The SMILES string of the molecule is CCSC1CCCC(NC(=O)CCN)C1. The van der Waals surface area contributed by atoms with Crippen LogP contribution in [0.4, 0.5) is 0 Å².